The SMILES string of the molecule is CCCCCNC(=O)Nc1cc(-c2nc(C)no2)ccc1OC. The molecule has 124 valence electrons. The molecule has 0 radical (unpaired) electrons. The number of nitrogens with one attached hydrogen (secondary N) is 2. The Morgan fingerprint density at radius 3 is 2.83 bits per heavy atom. The molecule has 0 unspecified atom stereocenters. The average molecular weight is 318 g/mol. The van der Waals surface area contributed by atoms with Crippen LogP contribution in [0.25, 0.3) is 11.5 Å². The third-order valence-electron chi connectivity index (χ3n) is 3.29. The van der Waals surface area contributed by atoms with E-state index in [1.807, 2.05) is 0 Å². The molecule has 0 fully saturated rings. The van der Waals surface area contributed by atoms with Crippen LogP contribution in [0.2, 0.25) is 0 Å². The van der Waals surface area contributed by atoms with Gasteiger partial charge in [-0.3, -0.25) is 0 Å². The standard InChI is InChI=1S/C16H22N4O3/c1-4-5-6-9-17-16(21)19-13-10-12(7-8-14(13)22-3)15-18-11(2)20-23-15/h7-8,10H,4-6,9H2,1-3H3,(H2,17,19,21). The minimum absolute atomic E-state index is 0.265. The smallest absolute Gasteiger partial charge is 0.319 e. The first-order valence-electron chi connectivity index (χ1n) is 7.67. The van der Waals surface area contributed by atoms with Crippen LogP contribution in [0.15, 0.2) is 22.7 Å². The van der Waals surface area contributed by atoms with Crippen molar-refractivity contribution in [2.45, 2.75) is 33.1 Å². The van der Waals surface area contributed by atoms with Crippen molar-refractivity contribution in [1.29, 1.82) is 0 Å². The number of benzene rings is 1. The summed E-state index contributed by atoms with van der Waals surface area (Å²) in [6.45, 7) is 4.51. The molecule has 0 bridgehead atoms. The number of carbonyl (C=O) groups excluding carboxylic acids is 1. The van der Waals surface area contributed by atoms with Crippen molar-refractivity contribution in [2.75, 3.05) is 19.0 Å². The highest BCUT2D eigenvalue weighted by Gasteiger charge is 2.12. The Bertz CT molecular complexity index is 655. The van der Waals surface area contributed by atoms with Gasteiger partial charge in [0.15, 0.2) is 5.82 Å². The van der Waals surface area contributed by atoms with E-state index in [0.717, 1.165) is 19.3 Å². The summed E-state index contributed by atoms with van der Waals surface area (Å²) in [7, 11) is 1.55. The van der Waals surface area contributed by atoms with Crippen LogP contribution in [0.4, 0.5) is 10.5 Å². The van der Waals surface area contributed by atoms with Crippen LogP contribution in [0.1, 0.15) is 32.0 Å². The highest BCUT2D eigenvalue weighted by atomic mass is 16.5. The Balaban J connectivity index is 2.08. The molecule has 23 heavy (non-hydrogen) atoms. The van der Waals surface area contributed by atoms with Crippen LogP contribution in [0, 0.1) is 6.92 Å². The monoisotopic (exact) mass is 318 g/mol. The number of urea groups is 1. The number of ether oxygens (including phenoxy) is 1. The molecule has 7 heteroatoms. The van der Waals surface area contributed by atoms with E-state index in [2.05, 4.69) is 27.7 Å². The van der Waals surface area contributed by atoms with E-state index < -0.39 is 0 Å². The normalized spacial score (nSPS) is 10.4. The highest BCUT2D eigenvalue weighted by molar-refractivity contribution is 5.91. The van der Waals surface area contributed by atoms with Crippen LogP contribution in [-0.4, -0.2) is 29.8 Å². The van der Waals surface area contributed by atoms with E-state index in [0.29, 0.717) is 35.3 Å². The molecule has 0 saturated heterocycles. The van der Waals surface area contributed by atoms with Crippen molar-refractivity contribution >= 4 is 11.7 Å². The third kappa shape index (κ3) is 4.70. The lowest BCUT2D eigenvalue weighted by Gasteiger charge is -2.12. The number of nitrogens with zero attached hydrogens (tertiary/aromatic N) is 2. The molecule has 0 atom stereocenters. The first-order valence-corrected chi connectivity index (χ1v) is 7.67. The van der Waals surface area contributed by atoms with Crippen molar-refractivity contribution < 1.29 is 14.1 Å². The lowest BCUT2D eigenvalue weighted by Crippen LogP contribution is -2.29. The molecule has 1 heterocycles. The number of hydrogen-bond donors (Lipinski definition) is 2. The zero-order valence-electron chi connectivity index (χ0n) is 13.7. The fraction of sp³-hybridized carbons (Fsp3) is 0.438. The topological polar surface area (TPSA) is 89.3 Å². The first-order chi connectivity index (χ1) is 11.1. The van der Waals surface area contributed by atoms with Crippen molar-refractivity contribution in [3.63, 3.8) is 0 Å². The van der Waals surface area contributed by atoms with Gasteiger partial charge in [0.05, 0.1) is 12.8 Å². The second-order valence-corrected chi connectivity index (χ2v) is 5.15. The summed E-state index contributed by atoms with van der Waals surface area (Å²) in [6.07, 6.45) is 3.17. The number of carbonyl (C=O) groups is 1. The second-order valence-electron chi connectivity index (χ2n) is 5.15. The van der Waals surface area contributed by atoms with Gasteiger partial charge in [0.1, 0.15) is 5.75 Å². The summed E-state index contributed by atoms with van der Waals surface area (Å²) in [6, 6.07) is 5.04. The molecule has 2 N–H and O–H groups in total. The minimum Gasteiger partial charge on any atom is -0.495 e. The predicted molar refractivity (Wildman–Crippen MR) is 87.6 cm³/mol. The molecule has 1 aromatic heterocycles. The first kappa shape index (κ1) is 16.8. The van der Waals surface area contributed by atoms with Gasteiger partial charge in [-0.2, -0.15) is 4.98 Å². The number of anilines is 1. The van der Waals surface area contributed by atoms with Gasteiger partial charge in [-0.05, 0) is 31.5 Å². The molecule has 0 aliphatic heterocycles. The molecule has 0 aliphatic carbocycles. The van der Waals surface area contributed by atoms with E-state index in [1.54, 1.807) is 32.2 Å². The number of methoxy groups -OCH3 is 1. The van der Waals surface area contributed by atoms with Crippen molar-refractivity contribution in [3.05, 3.63) is 24.0 Å². The number of amides is 2. The molecule has 1 aromatic carbocycles. The number of rotatable bonds is 7. The van der Waals surface area contributed by atoms with E-state index in [4.69, 9.17) is 9.26 Å². The molecule has 0 aliphatic rings. The molecular weight excluding hydrogens is 296 g/mol. The molecular formula is C16H22N4O3. The summed E-state index contributed by atoms with van der Waals surface area (Å²) in [4.78, 5) is 16.1. The maximum atomic E-state index is 12.0. The van der Waals surface area contributed by atoms with E-state index in [-0.39, 0.29) is 6.03 Å². The lowest BCUT2D eigenvalue weighted by molar-refractivity contribution is 0.251. The Kier molecular flexibility index (Phi) is 5.96. The Hall–Kier alpha value is -2.57. The molecule has 0 spiro atoms. The maximum absolute atomic E-state index is 12.0. The molecule has 2 aromatic rings. The van der Waals surface area contributed by atoms with E-state index in [1.165, 1.54) is 0 Å². The summed E-state index contributed by atoms with van der Waals surface area (Å²) in [5, 5.41) is 9.38. The van der Waals surface area contributed by atoms with Crippen LogP contribution in [0.5, 0.6) is 5.75 Å². The van der Waals surface area contributed by atoms with Gasteiger partial charge in [0, 0.05) is 12.1 Å². The van der Waals surface area contributed by atoms with Gasteiger partial charge in [-0.25, -0.2) is 4.79 Å². The number of aromatic nitrogens is 2. The van der Waals surface area contributed by atoms with E-state index >= 15 is 0 Å². The van der Waals surface area contributed by atoms with Gasteiger partial charge >= 0.3 is 6.03 Å². The van der Waals surface area contributed by atoms with Crippen molar-refractivity contribution in [3.8, 4) is 17.2 Å². The number of aryl methyl sites for hydroxylation is 1. The zero-order valence-corrected chi connectivity index (χ0v) is 13.7. The summed E-state index contributed by atoms with van der Waals surface area (Å²) in [5.74, 6) is 1.52. The number of hydrogen-bond acceptors (Lipinski definition) is 5. The van der Waals surface area contributed by atoms with Gasteiger partial charge in [0.25, 0.3) is 5.89 Å². The van der Waals surface area contributed by atoms with Gasteiger partial charge < -0.3 is 19.9 Å². The van der Waals surface area contributed by atoms with Gasteiger partial charge in [-0.1, -0.05) is 24.9 Å². The third-order valence-corrected chi connectivity index (χ3v) is 3.29. The quantitative estimate of drug-likeness (QED) is 0.764. The fourth-order valence-corrected chi connectivity index (χ4v) is 2.10. The van der Waals surface area contributed by atoms with Crippen LogP contribution >= 0.6 is 0 Å². The lowest BCUT2D eigenvalue weighted by atomic mass is 10.2. The molecule has 7 nitrogen and oxygen atoms in total. The summed E-state index contributed by atoms with van der Waals surface area (Å²) >= 11 is 0. The maximum Gasteiger partial charge on any atom is 0.319 e. The summed E-state index contributed by atoms with van der Waals surface area (Å²) < 4.78 is 10.4. The zero-order chi connectivity index (χ0) is 16.7. The average Bonchev–Trinajstić information content (AvgIpc) is 2.98. The van der Waals surface area contributed by atoms with Crippen molar-refractivity contribution in [2.24, 2.45) is 0 Å². The second kappa shape index (κ2) is 8.17. The highest BCUT2D eigenvalue weighted by Crippen LogP contribution is 2.29. The van der Waals surface area contributed by atoms with Crippen LogP contribution in [-0.2, 0) is 0 Å². The Labute approximate surface area is 135 Å². The Morgan fingerprint density at radius 1 is 1.35 bits per heavy atom. The van der Waals surface area contributed by atoms with Gasteiger partial charge in [0.2, 0.25) is 0 Å². The van der Waals surface area contributed by atoms with E-state index in [9.17, 15) is 4.79 Å². The predicted octanol–water partition coefficient (Wildman–Crippen LogP) is 3.37. The fourth-order valence-electron chi connectivity index (χ4n) is 2.10. The van der Waals surface area contributed by atoms with Crippen LogP contribution in [0.3, 0.4) is 0 Å². The summed E-state index contributed by atoms with van der Waals surface area (Å²) in [5.41, 5.74) is 1.27. The van der Waals surface area contributed by atoms with Gasteiger partial charge in [-0.15, -0.1) is 0 Å². The molecule has 2 rings (SSSR count). The Morgan fingerprint density at radius 2 is 2.17 bits per heavy atom. The number of unbranched alkanes of at least 4 members (excludes halogenated alkanes) is 2. The van der Waals surface area contributed by atoms with Crippen LogP contribution < -0.4 is 15.4 Å². The minimum atomic E-state index is -0.265. The molecule has 0 saturated carbocycles. The largest absolute Gasteiger partial charge is 0.495 e. The van der Waals surface area contributed by atoms with Crippen molar-refractivity contribution in [1.82, 2.24) is 15.5 Å². The molecule has 2 amide bonds.